The van der Waals surface area contributed by atoms with Crippen LogP contribution >= 0.6 is 23.2 Å². The van der Waals surface area contributed by atoms with Crippen molar-refractivity contribution in [1.82, 2.24) is 4.90 Å². The second-order valence-electron chi connectivity index (χ2n) is 3.95. The lowest BCUT2D eigenvalue weighted by Gasteiger charge is -2.23. The molecule has 21 heavy (non-hydrogen) atoms. The van der Waals surface area contributed by atoms with Crippen LogP contribution < -0.4 is 0 Å². The van der Waals surface area contributed by atoms with Crippen molar-refractivity contribution in [2.24, 2.45) is 0 Å². The van der Waals surface area contributed by atoms with Gasteiger partial charge in [-0.15, -0.1) is 11.6 Å². The van der Waals surface area contributed by atoms with Gasteiger partial charge in [0, 0.05) is 23.5 Å². The Morgan fingerprint density at radius 1 is 1.38 bits per heavy atom. The number of alkyl halides is 4. The summed E-state index contributed by atoms with van der Waals surface area (Å²) in [7, 11) is 0. The van der Waals surface area contributed by atoms with Gasteiger partial charge in [0.05, 0.1) is 4.92 Å². The van der Waals surface area contributed by atoms with E-state index in [1.807, 2.05) is 0 Å². The summed E-state index contributed by atoms with van der Waals surface area (Å²) in [5.41, 5.74) is -1.13. The molecule has 116 valence electrons. The number of nitro groups is 1. The number of rotatable bonds is 5. The van der Waals surface area contributed by atoms with Crippen LogP contribution in [0.15, 0.2) is 18.2 Å². The van der Waals surface area contributed by atoms with Gasteiger partial charge in [0.25, 0.3) is 11.6 Å². The molecule has 0 atom stereocenters. The molecule has 1 aromatic rings. The molecular formula is C11H9Cl2F3N2O3. The van der Waals surface area contributed by atoms with E-state index in [1.165, 1.54) is 6.07 Å². The fourth-order valence-electron chi connectivity index (χ4n) is 1.58. The molecule has 0 radical (unpaired) electrons. The van der Waals surface area contributed by atoms with E-state index in [1.54, 1.807) is 0 Å². The normalized spacial score (nSPS) is 11.3. The summed E-state index contributed by atoms with van der Waals surface area (Å²) in [6.45, 7) is -1.95. The van der Waals surface area contributed by atoms with E-state index in [9.17, 15) is 28.1 Å². The lowest BCUT2D eigenvalue weighted by atomic mass is 10.1. The van der Waals surface area contributed by atoms with Crippen LogP contribution in [0, 0.1) is 10.1 Å². The molecule has 1 rings (SSSR count). The molecule has 1 amide bonds. The molecule has 0 N–H and O–H groups in total. The van der Waals surface area contributed by atoms with Crippen LogP contribution in [-0.2, 0) is 0 Å². The topological polar surface area (TPSA) is 63.4 Å². The van der Waals surface area contributed by atoms with Crippen LogP contribution in [0.5, 0.6) is 0 Å². The minimum Gasteiger partial charge on any atom is -0.328 e. The highest BCUT2D eigenvalue weighted by atomic mass is 35.5. The predicted molar refractivity (Wildman–Crippen MR) is 70.8 cm³/mol. The minimum absolute atomic E-state index is 0.00165. The third-order valence-corrected chi connectivity index (χ3v) is 2.80. The van der Waals surface area contributed by atoms with Gasteiger partial charge in [-0.05, 0) is 12.1 Å². The lowest BCUT2D eigenvalue weighted by Crippen LogP contribution is -2.40. The number of hydrogen-bond acceptors (Lipinski definition) is 3. The highest BCUT2D eigenvalue weighted by Crippen LogP contribution is 2.25. The molecule has 1 aromatic carbocycles. The third-order valence-electron chi connectivity index (χ3n) is 2.40. The average Bonchev–Trinajstić information content (AvgIpc) is 2.35. The van der Waals surface area contributed by atoms with Crippen LogP contribution in [0.2, 0.25) is 5.02 Å². The van der Waals surface area contributed by atoms with Gasteiger partial charge >= 0.3 is 6.18 Å². The molecule has 0 spiro atoms. The highest BCUT2D eigenvalue weighted by molar-refractivity contribution is 6.31. The third kappa shape index (κ3) is 5.05. The molecule has 5 nitrogen and oxygen atoms in total. The van der Waals surface area contributed by atoms with Crippen LogP contribution in [-0.4, -0.2) is 40.9 Å². The second-order valence-corrected chi connectivity index (χ2v) is 4.76. The molecule has 0 saturated heterocycles. The Morgan fingerprint density at radius 3 is 2.48 bits per heavy atom. The van der Waals surface area contributed by atoms with E-state index < -0.39 is 41.3 Å². The van der Waals surface area contributed by atoms with Gasteiger partial charge in [-0.1, -0.05) is 11.6 Å². The molecule has 0 bridgehead atoms. The number of benzene rings is 1. The number of amides is 1. The van der Waals surface area contributed by atoms with Gasteiger partial charge in [0.1, 0.15) is 12.1 Å². The van der Waals surface area contributed by atoms with Crippen molar-refractivity contribution in [2.45, 2.75) is 6.18 Å². The molecule has 0 saturated carbocycles. The lowest BCUT2D eigenvalue weighted by molar-refractivity contribution is -0.385. The van der Waals surface area contributed by atoms with Crippen LogP contribution in [0.25, 0.3) is 0 Å². The summed E-state index contributed by atoms with van der Waals surface area (Å²) in [4.78, 5) is 22.5. The molecule has 10 heteroatoms. The zero-order valence-electron chi connectivity index (χ0n) is 10.4. The Morgan fingerprint density at radius 2 is 2.00 bits per heavy atom. The van der Waals surface area contributed by atoms with Crippen molar-refractivity contribution in [3.63, 3.8) is 0 Å². The van der Waals surface area contributed by atoms with E-state index in [2.05, 4.69) is 0 Å². The van der Waals surface area contributed by atoms with E-state index in [0.29, 0.717) is 4.90 Å². The van der Waals surface area contributed by atoms with Gasteiger partial charge in [-0.3, -0.25) is 14.9 Å². The largest absolute Gasteiger partial charge is 0.406 e. The number of nitrogens with zero attached hydrogens (tertiary/aromatic N) is 2. The Bertz CT molecular complexity index is 552. The van der Waals surface area contributed by atoms with E-state index in [4.69, 9.17) is 23.2 Å². The van der Waals surface area contributed by atoms with E-state index in [-0.39, 0.29) is 10.9 Å². The average molecular weight is 345 g/mol. The number of carbonyl (C=O) groups is 1. The molecule has 0 aliphatic carbocycles. The molecule has 0 aliphatic rings. The molecule has 0 fully saturated rings. The van der Waals surface area contributed by atoms with E-state index in [0.717, 1.165) is 12.1 Å². The molecule has 0 heterocycles. The Kier molecular flexibility index (Phi) is 5.79. The zero-order chi connectivity index (χ0) is 16.2. The standard InChI is InChI=1S/C11H9Cl2F3N2O3/c12-3-4-17(6-11(14,15)16)10(19)8-5-7(13)1-2-9(8)18(20)21/h1-2,5H,3-4,6H2. The Balaban J connectivity index is 3.19. The summed E-state index contributed by atoms with van der Waals surface area (Å²) in [6, 6.07) is 3.09. The molecule has 0 aromatic heterocycles. The van der Waals surface area contributed by atoms with Gasteiger partial charge < -0.3 is 4.90 Å². The van der Waals surface area contributed by atoms with Gasteiger partial charge in [-0.25, -0.2) is 0 Å². The summed E-state index contributed by atoms with van der Waals surface area (Å²) in [5, 5.41) is 10.8. The smallest absolute Gasteiger partial charge is 0.328 e. The summed E-state index contributed by atoms with van der Waals surface area (Å²) >= 11 is 11.0. The molecule has 0 aliphatic heterocycles. The number of hydrogen-bond donors (Lipinski definition) is 0. The quantitative estimate of drug-likeness (QED) is 0.466. The minimum atomic E-state index is -4.64. The summed E-state index contributed by atoms with van der Waals surface area (Å²) < 4.78 is 37.3. The zero-order valence-corrected chi connectivity index (χ0v) is 11.9. The first-order valence-corrected chi connectivity index (χ1v) is 6.43. The second kappa shape index (κ2) is 6.95. The fraction of sp³-hybridized carbons (Fsp3) is 0.364. The maximum atomic E-state index is 12.4. The first kappa shape index (κ1) is 17.5. The van der Waals surface area contributed by atoms with Crippen molar-refractivity contribution < 1.29 is 22.9 Å². The van der Waals surface area contributed by atoms with E-state index >= 15 is 0 Å². The van der Waals surface area contributed by atoms with Crippen molar-refractivity contribution in [2.75, 3.05) is 19.0 Å². The molecular weight excluding hydrogens is 336 g/mol. The Labute approximate surface area is 127 Å². The molecule has 0 unspecified atom stereocenters. The van der Waals surface area contributed by atoms with Gasteiger partial charge in [0.2, 0.25) is 0 Å². The Hall–Kier alpha value is -1.54. The van der Waals surface area contributed by atoms with Crippen molar-refractivity contribution in [3.8, 4) is 0 Å². The van der Waals surface area contributed by atoms with Crippen molar-refractivity contribution >= 4 is 34.8 Å². The number of halogens is 5. The maximum absolute atomic E-state index is 12.4. The van der Waals surface area contributed by atoms with Crippen molar-refractivity contribution in [3.05, 3.63) is 38.9 Å². The number of carbonyl (C=O) groups excluding carboxylic acids is 1. The van der Waals surface area contributed by atoms with Crippen LogP contribution in [0.1, 0.15) is 10.4 Å². The summed E-state index contributed by atoms with van der Waals surface area (Å²) in [6.07, 6.45) is -4.64. The first-order chi connectivity index (χ1) is 9.65. The summed E-state index contributed by atoms with van der Waals surface area (Å²) in [5.74, 6) is -1.39. The monoisotopic (exact) mass is 344 g/mol. The van der Waals surface area contributed by atoms with Gasteiger partial charge in [-0.2, -0.15) is 13.2 Å². The van der Waals surface area contributed by atoms with Crippen molar-refractivity contribution in [1.29, 1.82) is 0 Å². The predicted octanol–water partition coefficient (Wildman–Crippen LogP) is 3.49. The first-order valence-electron chi connectivity index (χ1n) is 5.51. The van der Waals surface area contributed by atoms with Crippen LogP contribution in [0.3, 0.4) is 0 Å². The highest BCUT2D eigenvalue weighted by Gasteiger charge is 2.35. The maximum Gasteiger partial charge on any atom is 0.406 e. The number of nitro benzene ring substituents is 1. The van der Waals surface area contributed by atoms with Crippen LogP contribution in [0.4, 0.5) is 18.9 Å². The fourth-order valence-corrected chi connectivity index (χ4v) is 1.96. The SMILES string of the molecule is O=C(c1cc(Cl)ccc1[N+](=O)[O-])N(CCCl)CC(F)(F)F. The van der Waals surface area contributed by atoms with Gasteiger partial charge in [0.15, 0.2) is 0 Å².